The largest absolute Gasteiger partial charge is 0.405 e. The van der Waals surface area contributed by atoms with Gasteiger partial charge < -0.3 is 25.4 Å². The van der Waals surface area contributed by atoms with Gasteiger partial charge in [0.1, 0.15) is 15.8 Å². The van der Waals surface area contributed by atoms with Crippen molar-refractivity contribution >= 4 is 45.6 Å². The summed E-state index contributed by atoms with van der Waals surface area (Å²) in [6.07, 6.45) is -1.27. The average molecular weight is 584 g/mol. The number of carbonyl (C=O) groups is 1. The molecular formula is C30H26FN7O3S. The SMILES string of the molecule is N=C(OC(N)=NC1N=C(c2ccccc2)c2ccccc2NC1=O)c1nc(-c2ccccc2F)sc1N1CCOCC1. The number of hydrogen-bond acceptors (Lipinski definition) is 9. The lowest BCUT2D eigenvalue weighted by Crippen LogP contribution is -2.37. The number of amidine groups is 1. The van der Waals surface area contributed by atoms with Gasteiger partial charge in [-0.05, 0) is 18.2 Å². The number of para-hydroxylation sites is 1. The van der Waals surface area contributed by atoms with Crippen molar-refractivity contribution in [2.45, 2.75) is 6.17 Å². The van der Waals surface area contributed by atoms with Gasteiger partial charge in [0.25, 0.3) is 11.9 Å². The second-order valence-corrected chi connectivity index (χ2v) is 10.4. The van der Waals surface area contributed by atoms with Gasteiger partial charge in [0, 0.05) is 29.8 Å². The number of hydrogen-bond donors (Lipinski definition) is 3. The van der Waals surface area contributed by atoms with Crippen molar-refractivity contribution in [3.05, 3.63) is 102 Å². The van der Waals surface area contributed by atoms with Crippen LogP contribution in [0, 0.1) is 11.2 Å². The number of anilines is 2. The normalized spacial score (nSPS) is 17.1. The lowest BCUT2D eigenvalue weighted by atomic mass is 10.0. The highest BCUT2D eigenvalue weighted by atomic mass is 32.1. The van der Waals surface area contributed by atoms with Crippen molar-refractivity contribution < 1.29 is 18.7 Å². The van der Waals surface area contributed by atoms with Gasteiger partial charge in [0.05, 0.1) is 24.6 Å². The highest BCUT2D eigenvalue weighted by Crippen LogP contribution is 2.36. The molecule has 1 fully saturated rings. The number of thiazole rings is 1. The molecule has 0 radical (unpaired) electrons. The molecule has 0 aliphatic carbocycles. The Bertz CT molecular complexity index is 1700. The summed E-state index contributed by atoms with van der Waals surface area (Å²) in [5.41, 5.74) is 9.32. The molecule has 1 aromatic heterocycles. The monoisotopic (exact) mass is 583 g/mol. The van der Waals surface area contributed by atoms with E-state index in [0.717, 1.165) is 11.1 Å². The molecule has 2 aliphatic rings. The second-order valence-electron chi connectivity index (χ2n) is 9.40. The molecule has 1 unspecified atom stereocenters. The number of halogens is 1. The lowest BCUT2D eigenvalue weighted by molar-refractivity contribution is -0.117. The Labute approximate surface area is 244 Å². The van der Waals surface area contributed by atoms with Gasteiger partial charge in [-0.1, -0.05) is 72.0 Å². The number of fused-ring (bicyclic) bond motifs is 1. The predicted octanol–water partition coefficient (Wildman–Crippen LogP) is 4.26. The van der Waals surface area contributed by atoms with E-state index in [1.54, 1.807) is 24.3 Å². The highest BCUT2D eigenvalue weighted by Gasteiger charge is 2.28. The molecule has 212 valence electrons. The van der Waals surface area contributed by atoms with E-state index in [-0.39, 0.29) is 11.6 Å². The fourth-order valence-electron chi connectivity index (χ4n) is 4.65. The number of morpholine rings is 1. The Morgan fingerprint density at radius 2 is 1.74 bits per heavy atom. The summed E-state index contributed by atoms with van der Waals surface area (Å²) < 4.78 is 25.7. The molecule has 3 aromatic carbocycles. The van der Waals surface area contributed by atoms with Crippen LogP contribution < -0.4 is 16.0 Å². The van der Waals surface area contributed by atoms with E-state index in [1.807, 2.05) is 53.4 Å². The first-order valence-electron chi connectivity index (χ1n) is 13.2. The number of aliphatic imine (C=N–C) groups is 2. The molecule has 10 nitrogen and oxygen atoms in total. The first-order chi connectivity index (χ1) is 20.5. The molecular weight excluding hydrogens is 557 g/mol. The number of benzodiazepines with no additional fused rings is 1. The standard InChI is InChI=1S/C30H26FN7O3S/c31-21-12-6-4-10-19(21)28-36-24(29(42-28)38-14-16-40-17-15-38)25(32)41-30(33)37-26-27(39)34-22-13-7-5-11-20(22)23(35-26)18-8-2-1-3-9-18/h1-13,26,32H,14-17H2,(H2,33,37)(H,34,39). The number of rotatable bonds is 5. The van der Waals surface area contributed by atoms with Crippen LogP contribution in [-0.2, 0) is 14.3 Å². The zero-order chi connectivity index (χ0) is 29.1. The summed E-state index contributed by atoms with van der Waals surface area (Å²) in [5.74, 6) is -1.32. The fraction of sp³-hybridized carbons (Fsp3) is 0.167. The van der Waals surface area contributed by atoms with Gasteiger partial charge >= 0.3 is 0 Å². The van der Waals surface area contributed by atoms with Crippen molar-refractivity contribution in [1.29, 1.82) is 5.41 Å². The number of amides is 1. The minimum Gasteiger partial charge on any atom is -0.405 e. The predicted molar refractivity (Wildman–Crippen MR) is 161 cm³/mol. The van der Waals surface area contributed by atoms with Gasteiger partial charge in [-0.2, -0.15) is 4.99 Å². The van der Waals surface area contributed by atoms with Crippen molar-refractivity contribution in [3.8, 4) is 10.6 Å². The molecule has 6 rings (SSSR count). The van der Waals surface area contributed by atoms with Gasteiger partial charge in [-0.15, -0.1) is 0 Å². The van der Waals surface area contributed by atoms with Gasteiger partial charge in [0.15, 0.2) is 5.69 Å². The van der Waals surface area contributed by atoms with E-state index >= 15 is 0 Å². The van der Waals surface area contributed by atoms with E-state index in [0.29, 0.717) is 53.3 Å². The average Bonchev–Trinajstić information content (AvgIpc) is 3.41. The van der Waals surface area contributed by atoms with Crippen LogP contribution in [0.15, 0.2) is 88.8 Å². The van der Waals surface area contributed by atoms with Gasteiger partial charge in [-0.3, -0.25) is 10.2 Å². The van der Waals surface area contributed by atoms with Crippen LogP contribution in [0.1, 0.15) is 16.8 Å². The summed E-state index contributed by atoms with van der Waals surface area (Å²) in [5, 5.41) is 12.6. The first-order valence-corrected chi connectivity index (χ1v) is 14.0. The number of nitrogens with one attached hydrogen (secondary N) is 2. The van der Waals surface area contributed by atoms with Gasteiger partial charge in [-0.25, -0.2) is 14.4 Å². The minimum atomic E-state index is -1.27. The molecule has 1 saturated heterocycles. The van der Waals surface area contributed by atoms with Crippen LogP contribution in [0.2, 0.25) is 0 Å². The van der Waals surface area contributed by atoms with Crippen LogP contribution in [-0.4, -0.2) is 61.0 Å². The summed E-state index contributed by atoms with van der Waals surface area (Å²) >= 11 is 1.25. The zero-order valence-electron chi connectivity index (χ0n) is 22.3. The third-order valence-corrected chi connectivity index (χ3v) is 7.81. The Hall–Kier alpha value is -4.94. The highest BCUT2D eigenvalue weighted by molar-refractivity contribution is 7.19. The van der Waals surface area contributed by atoms with Crippen LogP contribution >= 0.6 is 11.3 Å². The van der Waals surface area contributed by atoms with E-state index in [1.165, 1.54) is 17.4 Å². The molecule has 1 atom stereocenters. The van der Waals surface area contributed by atoms with Crippen molar-refractivity contribution in [3.63, 3.8) is 0 Å². The van der Waals surface area contributed by atoms with E-state index in [9.17, 15) is 9.18 Å². The van der Waals surface area contributed by atoms with Crippen LogP contribution in [0.25, 0.3) is 10.6 Å². The maximum atomic E-state index is 14.6. The molecule has 0 spiro atoms. The summed E-state index contributed by atoms with van der Waals surface area (Å²) in [6.45, 7) is 2.15. The third kappa shape index (κ3) is 5.62. The molecule has 0 saturated carbocycles. The first kappa shape index (κ1) is 27.2. The Morgan fingerprint density at radius 1 is 1.05 bits per heavy atom. The summed E-state index contributed by atoms with van der Waals surface area (Å²) in [7, 11) is 0. The summed E-state index contributed by atoms with van der Waals surface area (Å²) in [6, 6.07) is 22.7. The Balaban J connectivity index is 1.32. The number of aromatic nitrogens is 1. The summed E-state index contributed by atoms with van der Waals surface area (Å²) in [4.78, 5) is 28.6. The topological polar surface area (TPSA) is 138 Å². The number of nitrogens with zero attached hydrogens (tertiary/aromatic N) is 4. The number of ether oxygens (including phenoxy) is 2. The molecule has 2 aliphatic heterocycles. The van der Waals surface area contributed by atoms with E-state index < -0.39 is 23.9 Å². The molecule has 4 aromatic rings. The van der Waals surface area contributed by atoms with E-state index in [2.05, 4.69) is 20.3 Å². The van der Waals surface area contributed by atoms with Crippen LogP contribution in [0.4, 0.5) is 15.1 Å². The molecule has 1 amide bonds. The molecule has 4 N–H and O–H groups in total. The smallest absolute Gasteiger partial charge is 0.291 e. The van der Waals surface area contributed by atoms with Crippen LogP contribution in [0.5, 0.6) is 0 Å². The quantitative estimate of drug-likeness (QED) is 0.237. The fourth-order valence-corrected chi connectivity index (χ4v) is 5.79. The third-order valence-electron chi connectivity index (χ3n) is 6.66. The maximum Gasteiger partial charge on any atom is 0.291 e. The molecule has 42 heavy (non-hydrogen) atoms. The lowest BCUT2D eigenvalue weighted by Gasteiger charge is -2.27. The molecule has 12 heteroatoms. The second kappa shape index (κ2) is 11.9. The molecule has 0 bridgehead atoms. The minimum absolute atomic E-state index is 0.185. The van der Waals surface area contributed by atoms with Crippen molar-refractivity contribution in [1.82, 2.24) is 4.98 Å². The van der Waals surface area contributed by atoms with E-state index in [4.69, 9.17) is 20.6 Å². The maximum absolute atomic E-state index is 14.6. The van der Waals surface area contributed by atoms with Crippen molar-refractivity contribution in [2.75, 3.05) is 36.5 Å². The zero-order valence-corrected chi connectivity index (χ0v) is 23.1. The number of benzene rings is 3. The molecule has 3 heterocycles. The van der Waals surface area contributed by atoms with Gasteiger partial charge in [0.2, 0.25) is 12.1 Å². The Kier molecular flexibility index (Phi) is 7.71. The van der Waals surface area contributed by atoms with Crippen LogP contribution in [0.3, 0.4) is 0 Å². The Morgan fingerprint density at radius 3 is 2.50 bits per heavy atom. The van der Waals surface area contributed by atoms with Crippen molar-refractivity contribution in [2.24, 2.45) is 15.7 Å². The number of carbonyl (C=O) groups excluding carboxylic acids is 1. The number of nitrogens with two attached hydrogens (primary N) is 1.